The van der Waals surface area contributed by atoms with Crippen LogP contribution in [-0.2, 0) is 16.6 Å². The van der Waals surface area contributed by atoms with Crippen LogP contribution in [0.15, 0.2) is 21.6 Å². The van der Waals surface area contributed by atoms with Crippen molar-refractivity contribution in [2.24, 2.45) is 0 Å². The molecule has 0 atom stereocenters. The number of nitrogens with zero attached hydrogens (tertiary/aromatic N) is 2. The fraction of sp³-hybridized carbons (Fsp3) is 0.667. The Balaban J connectivity index is 2.79. The lowest BCUT2D eigenvalue weighted by Gasteiger charge is -2.18. The minimum atomic E-state index is -3.52. The second-order valence-electron chi connectivity index (χ2n) is 4.51. The largest absolute Gasteiger partial charge is 0.447 e. The van der Waals surface area contributed by atoms with Crippen LogP contribution < -0.4 is 0 Å². The molecule has 0 saturated carbocycles. The first-order chi connectivity index (χ1) is 8.91. The fourth-order valence-electron chi connectivity index (χ4n) is 1.71. The molecule has 0 aliphatic rings. The van der Waals surface area contributed by atoms with Crippen molar-refractivity contribution in [3.8, 4) is 0 Å². The van der Waals surface area contributed by atoms with Crippen molar-refractivity contribution in [2.45, 2.75) is 25.0 Å². The van der Waals surface area contributed by atoms with Gasteiger partial charge in [0.15, 0.2) is 0 Å². The number of aliphatic hydroxyl groups excluding tert-OH is 1. The summed E-state index contributed by atoms with van der Waals surface area (Å²) in [5.41, 5.74) is 0. The van der Waals surface area contributed by atoms with Gasteiger partial charge in [-0.25, -0.2) is 12.7 Å². The van der Waals surface area contributed by atoms with Crippen LogP contribution in [0.3, 0.4) is 0 Å². The zero-order valence-corrected chi connectivity index (χ0v) is 12.5. The molecule has 1 aromatic rings. The molecule has 0 aliphatic carbocycles. The molecule has 0 aliphatic heterocycles. The normalized spacial score (nSPS) is 12.5. The molecule has 0 unspecified atom stereocenters. The van der Waals surface area contributed by atoms with E-state index in [0.29, 0.717) is 18.8 Å². The van der Waals surface area contributed by atoms with Gasteiger partial charge in [-0.2, -0.15) is 0 Å². The molecule has 0 bridgehead atoms. The maximum atomic E-state index is 11.9. The summed E-state index contributed by atoms with van der Waals surface area (Å²) < 4.78 is 30.2. The Hall–Kier alpha value is -0.890. The van der Waals surface area contributed by atoms with Gasteiger partial charge in [-0.3, -0.25) is 4.90 Å². The third kappa shape index (κ3) is 4.31. The van der Waals surface area contributed by atoms with Crippen LogP contribution in [0.5, 0.6) is 0 Å². The molecule has 1 aromatic heterocycles. The van der Waals surface area contributed by atoms with Crippen LogP contribution in [0.4, 0.5) is 0 Å². The van der Waals surface area contributed by atoms with Crippen molar-refractivity contribution in [1.29, 1.82) is 0 Å². The van der Waals surface area contributed by atoms with Crippen molar-refractivity contribution < 1.29 is 17.9 Å². The molecule has 7 heteroatoms. The van der Waals surface area contributed by atoms with Gasteiger partial charge in [-0.05, 0) is 25.1 Å². The van der Waals surface area contributed by atoms with Gasteiger partial charge in [0.05, 0.1) is 13.2 Å². The Morgan fingerprint density at radius 1 is 1.26 bits per heavy atom. The summed E-state index contributed by atoms with van der Waals surface area (Å²) in [6.07, 6.45) is 0.962. The van der Waals surface area contributed by atoms with Gasteiger partial charge in [-0.1, -0.05) is 6.92 Å². The first-order valence-corrected chi connectivity index (χ1v) is 7.70. The van der Waals surface area contributed by atoms with E-state index < -0.39 is 10.0 Å². The second-order valence-corrected chi connectivity index (χ2v) is 6.59. The summed E-state index contributed by atoms with van der Waals surface area (Å²) in [5.74, 6) is 0.585. The maximum absolute atomic E-state index is 11.9. The zero-order valence-electron chi connectivity index (χ0n) is 11.7. The van der Waals surface area contributed by atoms with Crippen molar-refractivity contribution in [1.82, 2.24) is 9.21 Å². The molecule has 1 heterocycles. The number of hydrogen-bond acceptors (Lipinski definition) is 5. The third-order valence-electron chi connectivity index (χ3n) is 2.71. The molecule has 0 radical (unpaired) electrons. The molecule has 110 valence electrons. The first kappa shape index (κ1) is 16.2. The van der Waals surface area contributed by atoms with E-state index in [1.807, 2.05) is 4.90 Å². The van der Waals surface area contributed by atoms with Crippen LogP contribution in [0.25, 0.3) is 0 Å². The monoisotopic (exact) mass is 290 g/mol. The SMILES string of the molecule is CCCN(CCO)Cc1ccc(S(=O)(=O)N(C)C)o1. The molecular formula is C12H22N2O4S. The Morgan fingerprint density at radius 2 is 1.95 bits per heavy atom. The average Bonchev–Trinajstić information content (AvgIpc) is 2.78. The van der Waals surface area contributed by atoms with Crippen molar-refractivity contribution in [3.05, 3.63) is 17.9 Å². The molecule has 0 spiro atoms. The molecule has 0 fully saturated rings. The van der Waals surface area contributed by atoms with E-state index in [2.05, 4.69) is 6.92 Å². The number of hydrogen-bond donors (Lipinski definition) is 1. The van der Waals surface area contributed by atoms with Crippen LogP contribution in [0, 0.1) is 0 Å². The van der Waals surface area contributed by atoms with E-state index in [4.69, 9.17) is 9.52 Å². The van der Waals surface area contributed by atoms with Crippen LogP contribution >= 0.6 is 0 Å². The summed E-state index contributed by atoms with van der Waals surface area (Å²) in [6.45, 7) is 4.00. The van der Waals surface area contributed by atoms with E-state index in [0.717, 1.165) is 17.3 Å². The highest BCUT2D eigenvalue weighted by molar-refractivity contribution is 7.88. The highest BCUT2D eigenvalue weighted by Crippen LogP contribution is 2.18. The zero-order chi connectivity index (χ0) is 14.5. The van der Waals surface area contributed by atoms with Crippen molar-refractivity contribution in [3.63, 3.8) is 0 Å². The molecule has 0 saturated heterocycles. The lowest BCUT2D eigenvalue weighted by atomic mass is 10.3. The Morgan fingerprint density at radius 3 is 2.47 bits per heavy atom. The Kier molecular flexibility index (Phi) is 5.99. The van der Waals surface area contributed by atoms with E-state index in [1.165, 1.54) is 20.2 Å². The number of aliphatic hydroxyl groups is 1. The van der Waals surface area contributed by atoms with E-state index in [1.54, 1.807) is 6.07 Å². The van der Waals surface area contributed by atoms with Gasteiger partial charge >= 0.3 is 0 Å². The van der Waals surface area contributed by atoms with Crippen molar-refractivity contribution in [2.75, 3.05) is 33.8 Å². The van der Waals surface area contributed by atoms with Gasteiger partial charge in [0.25, 0.3) is 10.0 Å². The molecule has 1 N–H and O–H groups in total. The van der Waals surface area contributed by atoms with Gasteiger partial charge in [0.2, 0.25) is 5.09 Å². The lowest BCUT2D eigenvalue weighted by Crippen LogP contribution is -2.27. The number of rotatable bonds is 8. The highest BCUT2D eigenvalue weighted by atomic mass is 32.2. The standard InChI is InChI=1S/C12H22N2O4S/c1-4-7-14(8-9-15)10-11-5-6-12(18-11)19(16,17)13(2)3/h5-6,15H,4,7-10H2,1-3H3. The quantitative estimate of drug-likeness (QED) is 0.764. The van der Waals surface area contributed by atoms with Crippen molar-refractivity contribution >= 4 is 10.0 Å². The third-order valence-corrected chi connectivity index (χ3v) is 4.40. The molecular weight excluding hydrogens is 268 g/mol. The Labute approximate surface area is 114 Å². The topological polar surface area (TPSA) is 74.0 Å². The van der Waals surface area contributed by atoms with Crippen LogP contribution in [0.1, 0.15) is 19.1 Å². The summed E-state index contributed by atoms with van der Waals surface area (Å²) in [6, 6.07) is 3.13. The number of furan rings is 1. The van der Waals surface area contributed by atoms with E-state index in [-0.39, 0.29) is 11.7 Å². The molecule has 0 amide bonds. The predicted molar refractivity (Wildman–Crippen MR) is 72.2 cm³/mol. The van der Waals surface area contributed by atoms with E-state index in [9.17, 15) is 8.42 Å². The summed E-state index contributed by atoms with van der Waals surface area (Å²) in [4.78, 5) is 2.02. The van der Waals surface area contributed by atoms with Gasteiger partial charge < -0.3 is 9.52 Å². The van der Waals surface area contributed by atoms with Crippen LogP contribution in [-0.4, -0.2) is 56.5 Å². The van der Waals surface area contributed by atoms with Gasteiger partial charge in [0.1, 0.15) is 5.76 Å². The second kappa shape index (κ2) is 7.04. The lowest BCUT2D eigenvalue weighted by molar-refractivity contribution is 0.178. The van der Waals surface area contributed by atoms with Gasteiger partial charge in [0, 0.05) is 20.6 Å². The molecule has 0 aromatic carbocycles. The smallest absolute Gasteiger partial charge is 0.275 e. The summed E-state index contributed by atoms with van der Waals surface area (Å²) in [7, 11) is -0.588. The fourth-order valence-corrected chi connectivity index (χ4v) is 2.52. The minimum Gasteiger partial charge on any atom is -0.447 e. The number of sulfonamides is 1. The van der Waals surface area contributed by atoms with E-state index >= 15 is 0 Å². The molecule has 6 nitrogen and oxygen atoms in total. The van der Waals surface area contributed by atoms with Gasteiger partial charge in [-0.15, -0.1) is 0 Å². The Bertz CT molecular complexity index is 476. The summed E-state index contributed by atoms with van der Waals surface area (Å²) >= 11 is 0. The average molecular weight is 290 g/mol. The minimum absolute atomic E-state index is 0.0482. The molecule has 1 rings (SSSR count). The van der Waals surface area contributed by atoms with Crippen LogP contribution in [0.2, 0.25) is 0 Å². The molecule has 19 heavy (non-hydrogen) atoms. The maximum Gasteiger partial charge on any atom is 0.275 e. The first-order valence-electron chi connectivity index (χ1n) is 6.26. The summed E-state index contributed by atoms with van der Waals surface area (Å²) in [5, 5.41) is 8.93. The predicted octanol–water partition coefficient (Wildman–Crippen LogP) is 0.734. The highest BCUT2D eigenvalue weighted by Gasteiger charge is 2.21.